The molecule has 6 heteroatoms. The Balaban J connectivity index is 1.30. The van der Waals surface area contributed by atoms with Crippen LogP contribution >= 0.6 is 0 Å². The molecule has 0 radical (unpaired) electrons. The number of benzene rings is 3. The standard InChI is InChI=1S/C33H37F3O3/c1-3-5-19-37-26-13-11-25(12-14-26)29-17-16-28(32(35)33(29)36)24-9-7-23(8-10-24)22-39-31-18-15-27(21-30(31)34)38-20-6-4-2/h4,11-18,21,23-24H,2-3,5-10,19-20,22H2,1H3. The van der Waals surface area contributed by atoms with Crippen LogP contribution in [-0.4, -0.2) is 19.8 Å². The van der Waals surface area contributed by atoms with E-state index in [0.717, 1.165) is 44.3 Å². The molecule has 0 atom stereocenters. The zero-order chi connectivity index (χ0) is 27.6. The van der Waals surface area contributed by atoms with Crippen molar-refractivity contribution in [2.75, 3.05) is 19.8 Å². The smallest absolute Gasteiger partial charge is 0.168 e. The molecule has 4 rings (SSSR count). The monoisotopic (exact) mass is 538 g/mol. The van der Waals surface area contributed by atoms with Crippen LogP contribution in [0, 0.1) is 23.4 Å². The molecular weight excluding hydrogens is 501 g/mol. The van der Waals surface area contributed by atoms with Gasteiger partial charge in [-0.25, -0.2) is 13.2 Å². The Bertz CT molecular complexity index is 1220. The summed E-state index contributed by atoms with van der Waals surface area (Å²) in [5.74, 6) is -0.502. The second kappa shape index (κ2) is 14.1. The van der Waals surface area contributed by atoms with Gasteiger partial charge in [-0.15, -0.1) is 6.58 Å². The molecule has 0 unspecified atom stereocenters. The number of hydrogen-bond acceptors (Lipinski definition) is 3. The van der Waals surface area contributed by atoms with E-state index >= 15 is 8.78 Å². The zero-order valence-electron chi connectivity index (χ0n) is 22.6. The van der Waals surface area contributed by atoms with Crippen LogP contribution in [-0.2, 0) is 0 Å². The van der Waals surface area contributed by atoms with Crippen molar-refractivity contribution in [3.8, 4) is 28.4 Å². The largest absolute Gasteiger partial charge is 0.494 e. The Hall–Kier alpha value is -3.41. The van der Waals surface area contributed by atoms with E-state index < -0.39 is 17.5 Å². The highest BCUT2D eigenvalue weighted by Gasteiger charge is 2.27. The lowest BCUT2D eigenvalue weighted by molar-refractivity contribution is 0.193. The first-order valence-corrected chi connectivity index (χ1v) is 13.9. The molecule has 0 aromatic heterocycles. The predicted octanol–water partition coefficient (Wildman–Crippen LogP) is 9.26. The summed E-state index contributed by atoms with van der Waals surface area (Å²) in [4.78, 5) is 0. The van der Waals surface area contributed by atoms with Gasteiger partial charge in [0, 0.05) is 11.6 Å². The summed E-state index contributed by atoms with van der Waals surface area (Å²) in [6, 6.07) is 15.1. The van der Waals surface area contributed by atoms with Crippen molar-refractivity contribution in [1.29, 1.82) is 0 Å². The van der Waals surface area contributed by atoms with Crippen molar-refractivity contribution in [1.82, 2.24) is 0 Å². The van der Waals surface area contributed by atoms with Crippen molar-refractivity contribution in [2.24, 2.45) is 5.92 Å². The fourth-order valence-corrected chi connectivity index (χ4v) is 4.96. The number of hydrogen-bond donors (Lipinski definition) is 0. The molecule has 0 aliphatic heterocycles. The lowest BCUT2D eigenvalue weighted by Crippen LogP contribution is -2.20. The maximum absolute atomic E-state index is 15.2. The summed E-state index contributed by atoms with van der Waals surface area (Å²) in [7, 11) is 0. The third-order valence-corrected chi connectivity index (χ3v) is 7.30. The van der Waals surface area contributed by atoms with E-state index in [4.69, 9.17) is 14.2 Å². The van der Waals surface area contributed by atoms with Gasteiger partial charge < -0.3 is 14.2 Å². The maximum Gasteiger partial charge on any atom is 0.168 e. The van der Waals surface area contributed by atoms with Crippen molar-refractivity contribution in [3.05, 3.63) is 90.3 Å². The van der Waals surface area contributed by atoms with Crippen LogP contribution in [0.1, 0.15) is 63.4 Å². The molecule has 1 fully saturated rings. The Labute approximate surface area is 229 Å². The minimum atomic E-state index is -0.815. The van der Waals surface area contributed by atoms with Gasteiger partial charge in [0.25, 0.3) is 0 Å². The maximum atomic E-state index is 15.2. The molecule has 0 amide bonds. The van der Waals surface area contributed by atoms with Gasteiger partial charge in [0.1, 0.15) is 11.5 Å². The quantitative estimate of drug-likeness (QED) is 0.160. The molecule has 0 heterocycles. The molecule has 1 saturated carbocycles. The Morgan fingerprint density at radius 2 is 1.54 bits per heavy atom. The van der Waals surface area contributed by atoms with Gasteiger partial charge in [0.2, 0.25) is 0 Å². The molecule has 0 spiro atoms. The number of rotatable bonds is 13. The van der Waals surface area contributed by atoms with Gasteiger partial charge in [0.05, 0.1) is 19.8 Å². The van der Waals surface area contributed by atoms with Gasteiger partial charge in [0.15, 0.2) is 23.2 Å². The SMILES string of the molecule is C=CCCOc1ccc(OCC2CCC(c3ccc(-c4ccc(OCCCC)cc4)c(F)c3F)CC2)c(F)c1. The summed E-state index contributed by atoms with van der Waals surface area (Å²) >= 11 is 0. The van der Waals surface area contributed by atoms with E-state index in [9.17, 15) is 4.39 Å². The molecular formula is C33H37F3O3. The second-order valence-corrected chi connectivity index (χ2v) is 10.1. The zero-order valence-corrected chi connectivity index (χ0v) is 22.6. The first-order chi connectivity index (χ1) is 19.0. The van der Waals surface area contributed by atoms with Crippen molar-refractivity contribution in [3.63, 3.8) is 0 Å². The second-order valence-electron chi connectivity index (χ2n) is 10.1. The average molecular weight is 539 g/mol. The van der Waals surface area contributed by atoms with E-state index in [1.807, 2.05) is 0 Å². The highest BCUT2D eigenvalue weighted by atomic mass is 19.2. The van der Waals surface area contributed by atoms with Crippen LogP contribution in [0.4, 0.5) is 13.2 Å². The molecule has 0 N–H and O–H groups in total. The molecule has 1 aliphatic rings. The van der Waals surface area contributed by atoms with Crippen molar-refractivity contribution >= 4 is 0 Å². The average Bonchev–Trinajstić information content (AvgIpc) is 2.95. The van der Waals surface area contributed by atoms with Crippen LogP contribution in [0.5, 0.6) is 17.2 Å². The van der Waals surface area contributed by atoms with E-state index in [1.54, 1.807) is 54.6 Å². The van der Waals surface area contributed by atoms with Gasteiger partial charge in [-0.1, -0.05) is 43.7 Å². The predicted molar refractivity (Wildman–Crippen MR) is 149 cm³/mol. The number of unbranched alkanes of at least 4 members (excludes halogenated alkanes) is 1. The fraction of sp³-hybridized carbons (Fsp3) is 0.394. The van der Waals surface area contributed by atoms with Crippen LogP contribution in [0.3, 0.4) is 0 Å². The van der Waals surface area contributed by atoms with Crippen LogP contribution in [0.2, 0.25) is 0 Å². The van der Waals surface area contributed by atoms with Gasteiger partial charge in [-0.2, -0.15) is 0 Å². The fourth-order valence-electron chi connectivity index (χ4n) is 4.96. The van der Waals surface area contributed by atoms with E-state index in [1.165, 1.54) is 6.07 Å². The minimum Gasteiger partial charge on any atom is -0.494 e. The number of halogens is 3. The molecule has 39 heavy (non-hydrogen) atoms. The normalized spacial score (nSPS) is 17.0. The molecule has 1 aliphatic carbocycles. The topological polar surface area (TPSA) is 27.7 Å². The minimum absolute atomic E-state index is 0.0529. The molecule has 3 nitrogen and oxygen atoms in total. The van der Waals surface area contributed by atoms with Crippen LogP contribution < -0.4 is 14.2 Å². The van der Waals surface area contributed by atoms with E-state index in [0.29, 0.717) is 43.1 Å². The molecule has 3 aromatic rings. The highest BCUT2D eigenvalue weighted by Crippen LogP contribution is 2.39. The summed E-state index contributed by atoms with van der Waals surface area (Å²) in [6.07, 6.45) is 7.51. The van der Waals surface area contributed by atoms with Crippen LogP contribution in [0.15, 0.2) is 67.3 Å². The molecule has 208 valence electrons. The Morgan fingerprint density at radius 1 is 0.821 bits per heavy atom. The first-order valence-electron chi connectivity index (χ1n) is 13.9. The van der Waals surface area contributed by atoms with E-state index in [-0.39, 0.29) is 23.1 Å². The Morgan fingerprint density at radius 3 is 2.23 bits per heavy atom. The third kappa shape index (κ3) is 7.59. The molecule has 0 bridgehead atoms. The molecule has 3 aromatic carbocycles. The van der Waals surface area contributed by atoms with E-state index in [2.05, 4.69) is 13.5 Å². The summed E-state index contributed by atoms with van der Waals surface area (Å²) in [5, 5.41) is 0. The summed E-state index contributed by atoms with van der Waals surface area (Å²) < 4.78 is 61.6. The highest BCUT2D eigenvalue weighted by molar-refractivity contribution is 5.65. The van der Waals surface area contributed by atoms with Gasteiger partial charge in [-0.05, 0) is 85.8 Å². The van der Waals surface area contributed by atoms with Crippen molar-refractivity contribution in [2.45, 2.75) is 57.8 Å². The summed E-state index contributed by atoms with van der Waals surface area (Å²) in [6.45, 7) is 7.20. The van der Waals surface area contributed by atoms with Crippen LogP contribution in [0.25, 0.3) is 11.1 Å². The third-order valence-electron chi connectivity index (χ3n) is 7.30. The van der Waals surface area contributed by atoms with Gasteiger partial charge >= 0.3 is 0 Å². The lowest BCUT2D eigenvalue weighted by atomic mass is 9.78. The first kappa shape index (κ1) is 28.6. The van der Waals surface area contributed by atoms with Gasteiger partial charge in [-0.3, -0.25) is 0 Å². The molecule has 0 saturated heterocycles. The number of ether oxygens (including phenoxy) is 3. The lowest BCUT2D eigenvalue weighted by Gasteiger charge is -2.29. The van der Waals surface area contributed by atoms with Crippen molar-refractivity contribution < 1.29 is 27.4 Å². The summed E-state index contributed by atoms with van der Waals surface area (Å²) in [5.41, 5.74) is 1.29. The Kier molecular flexibility index (Phi) is 10.3.